The minimum atomic E-state index is 0.156. The Balaban J connectivity index is 2.43. The highest BCUT2D eigenvalue weighted by Gasteiger charge is 2.49. The van der Waals surface area contributed by atoms with Crippen molar-refractivity contribution >= 4 is 5.91 Å². The summed E-state index contributed by atoms with van der Waals surface area (Å²) < 4.78 is 0. The van der Waals surface area contributed by atoms with Gasteiger partial charge in [-0.1, -0.05) is 24.6 Å². The molecule has 0 aromatic rings. The van der Waals surface area contributed by atoms with Crippen LogP contribution in [-0.2, 0) is 4.79 Å². The Labute approximate surface area is 118 Å². The summed E-state index contributed by atoms with van der Waals surface area (Å²) in [6, 6.07) is 0. The summed E-state index contributed by atoms with van der Waals surface area (Å²) >= 11 is 0. The van der Waals surface area contributed by atoms with Crippen molar-refractivity contribution in [1.82, 2.24) is 4.90 Å². The van der Waals surface area contributed by atoms with E-state index in [4.69, 9.17) is 0 Å². The monoisotopic (exact) mass is 263 g/mol. The summed E-state index contributed by atoms with van der Waals surface area (Å²) in [6.45, 7) is 12.4. The van der Waals surface area contributed by atoms with Crippen molar-refractivity contribution in [3.63, 3.8) is 0 Å². The predicted molar refractivity (Wildman–Crippen MR) is 81.9 cm³/mol. The minimum Gasteiger partial charge on any atom is -0.339 e. The van der Waals surface area contributed by atoms with Crippen LogP contribution in [-0.4, -0.2) is 23.9 Å². The van der Waals surface area contributed by atoms with E-state index in [0.717, 1.165) is 13.1 Å². The molecule has 0 spiro atoms. The quantitative estimate of drug-likeness (QED) is 0.498. The Bertz CT molecular complexity index is 365. The van der Waals surface area contributed by atoms with Crippen LogP contribution in [0.3, 0.4) is 0 Å². The van der Waals surface area contributed by atoms with Gasteiger partial charge in [-0.3, -0.25) is 4.79 Å². The first-order valence-corrected chi connectivity index (χ1v) is 7.48. The summed E-state index contributed by atoms with van der Waals surface area (Å²) in [6.07, 6.45) is 9.51. The van der Waals surface area contributed by atoms with Gasteiger partial charge in [0.25, 0.3) is 0 Å². The molecule has 1 amide bonds. The second-order valence-electron chi connectivity index (χ2n) is 6.25. The fraction of sp³-hybridized carbons (Fsp3) is 0.706. The zero-order valence-corrected chi connectivity index (χ0v) is 13.2. The van der Waals surface area contributed by atoms with E-state index in [0.29, 0.717) is 11.3 Å². The molecule has 108 valence electrons. The second kappa shape index (κ2) is 6.93. The number of likely N-dealkylation sites (N-methyl/N-ethyl adjacent to an activating group) is 1. The van der Waals surface area contributed by atoms with Gasteiger partial charge in [-0.15, -0.1) is 0 Å². The van der Waals surface area contributed by atoms with Crippen molar-refractivity contribution in [3.05, 3.63) is 23.8 Å². The van der Waals surface area contributed by atoms with Crippen LogP contribution in [0.1, 0.15) is 53.9 Å². The first-order chi connectivity index (χ1) is 8.92. The van der Waals surface area contributed by atoms with E-state index in [1.165, 1.54) is 24.8 Å². The Morgan fingerprint density at radius 3 is 2.63 bits per heavy atom. The molecule has 2 atom stereocenters. The van der Waals surface area contributed by atoms with Gasteiger partial charge < -0.3 is 4.90 Å². The smallest absolute Gasteiger partial charge is 0.246 e. The van der Waals surface area contributed by atoms with Crippen LogP contribution in [0.25, 0.3) is 0 Å². The molecule has 19 heavy (non-hydrogen) atoms. The number of hydrogen-bond acceptors (Lipinski definition) is 1. The molecule has 1 fully saturated rings. The van der Waals surface area contributed by atoms with Gasteiger partial charge >= 0.3 is 0 Å². The van der Waals surface area contributed by atoms with Crippen LogP contribution in [0.4, 0.5) is 0 Å². The highest BCUT2D eigenvalue weighted by Crippen LogP contribution is 2.55. The number of rotatable bonds is 7. The topological polar surface area (TPSA) is 20.3 Å². The van der Waals surface area contributed by atoms with E-state index < -0.39 is 0 Å². The standard InChI is InChI=1S/C17H29NO/c1-6-9-16(19)18(7-2)13-15-12-17(15,5)11-8-10-14(3)4/h6,9-10,15H,7-8,11-13H2,1-5H3/b9-6+. The molecule has 1 rings (SSSR count). The van der Waals surface area contributed by atoms with Gasteiger partial charge in [0, 0.05) is 13.1 Å². The van der Waals surface area contributed by atoms with Gasteiger partial charge in [-0.25, -0.2) is 0 Å². The number of carbonyl (C=O) groups excluding carboxylic acids is 1. The van der Waals surface area contributed by atoms with Crippen molar-refractivity contribution in [2.45, 2.75) is 53.9 Å². The lowest BCUT2D eigenvalue weighted by Gasteiger charge is -2.21. The molecule has 0 bridgehead atoms. The molecule has 0 aliphatic heterocycles. The maximum Gasteiger partial charge on any atom is 0.246 e. The Kier molecular flexibility index (Phi) is 5.84. The van der Waals surface area contributed by atoms with Crippen molar-refractivity contribution in [3.8, 4) is 0 Å². The van der Waals surface area contributed by atoms with E-state index >= 15 is 0 Å². The number of hydrogen-bond donors (Lipinski definition) is 0. The third-order valence-corrected chi connectivity index (χ3v) is 4.25. The number of nitrogens with zero attached hydrogens (tertiary/aromatic N) is 1. The number of allylic oxidation sites excluding steroid dienone is 3. The van der Waals surface area contributed by atoms with Gasteiger partial charge in [0.2, 0.25) is 5.91 Å². The fourth-order valence-corrected chi connectivity index (χ4v) is 2.67. The van der Waals surface area contributed by atoms with Crippen LogP contribution in [0, 0.1) is 11.3 Å². The molecular weight excluding hydrogens is 234 g/mol. The molecule has 1 aliphatic rings. The zero-order chi connectivity index (χ0) is 14.5. The number of carbonyl (C=O) groups is 1. The Morgan fingerprint density at radius 1 is 1.42 bits per heavy atom. The van der Waals surface area contributed by atoms with Gasteiger partial charge in [0.15, 0.2) is 0 Å². The second-order valence-corrected chi connectivity index (χ2v) is 6.25. The molecule has 0 saturated heterocycles. The Morgan fingerprint density at radius 2 is 2.11 bits per heavy atom. The van der Waals surface area contributed by atoms with Gasteiger partial charge in [0.1, 0.15) is 0 Å². The van der Waals surface area contributed by atoms with E-state index in [9.17, 15) is 4.79 Å². The van der Waals surface area contributed by atoms with Crippen LogP contribution in [0.5, 0.6) is 0 Å². The summed E-state index contributed by atoms with van der Waals surface area (Å²) in [5, 5.41) is 0. The molecular formula is C17H29NO. The molecule has 2 heteroatoms. The van der Waals surface area contributed by atoms with Gasteiger partial charge in [-0.2, -0.15) is 0 Å². The summed E-state index contributed by atoms with van der Waals surface area (Å²) in [5.74, 6) is 0.843. The highest BCUT2D eigenvalue weighted by atomic mass is 16.2. The van der Waals surface area contributed by atoms with Crippen LogP contribution >= 0.6 is 0 Å². The van der Waals surface area contributed by atoms with Crippen molar-refractivity contribution in [1.29, 1.82) is 0 Å². The lowest BCUT2D eigenvalue weighted by molar-refractivity contribution is -0.126. The Hall–Kier alpha value is -1.05. The van der Waals surface area contributed by atoms with Crippen molar-refractivity contribution in [2.24, 2.45) is 11.3 Å². The van der Waals surface area contributed by atoms with Crippen molar-refractivity contribution in [2.75, 3.05) is 13.1 Å². The molecule has 0 aromatic heterocycles. The molecule has 1 aliphatic carbocycles. The normalized spacial score (nSPS) is 25.4. The number of amides is 1. The fourth-order valence-electron chi connectivity index (χ4n) is 2.67. The van der Waals surface area contributed by atoms with Crippen molar-refractivity contribution < 1.29 is 4.79 Å². The molecule has 0 radical (unpaired) electrons. The molecule has 0 aromatic carbocycles. The molecule has 2 nitrogen and oxygen atoms in total. The van der Waals surface area contributed by atoms with Gasteiger partial charge in [-0.05, 0) is 64.4 Å². The third-order valence-electron chi connectivity index (χ3n) is 4.25. The predicted octanol–water partition coefficient (Wildman–Crippen LogP) is 4.18. The lowest BCUT2D eigenvalue weighted by atomic mass is 9.98. The van der Waals surface area contributed by atoms with E-state index in [1.807, 2.05) is 17.9 Å². The molecule has 2 unspecified atom stereocenters. The largest absolute Gasteiger partial charge is 0.339 e. The van der Waals surface area contributed by atoms with Gasteiger partial charge in [0.05, 0.1) is 0 Å². The maximum absolute atomic E-state index is 11.9. The lowest BCUT2D eigenvalue weighted by Crippen LogP contribution is -2.32. The first kappa shape index (κ1) is 16.0. The van der Waals surface area contributed by atoms with Crippen LogP contribution < -0.4 is 0 Å². The molecule has 0 heterocycles. The first-order valence-electron chi connectivity index (χ1n) is 7.48. The van der Waals surface area contributed by atoms with E-state index in [2.05, 4.69) is 33.8 Å². The summed E-state index contributed by atoms with van der Waals surface area (Å²) in [5.41, 5.74) is 1.86. The van der Waals surface area contributed by atoms with E-state index in [1.54, 1.807) is 6.08 Å². The van der Waals surface area contributed by atoms with Crippen LogP contribution in [0.2, 0.25) is 0 Å². The minimum absolute atomic E-state index is 0.156. The van der Waals surface area contributed by atoms with Crippen LogP contribution in [0.15, 0.2) is 23.8 Å². The summed E-state index contributed by atoms with van der Waals surface area (Å²) in [7, 11) is 0. The molecule has 0 N–H and O–H groups in total. The van der Waals surface area contributed by atoms with E-state index in [-0.39, 0.29) is 5.91 Å². The molecule has 1 saturated carbocycles. The average molecular weight is 263 g/mol. The average Bonchev–Trinajstić information content (AvgIpc) is 2.96. The maximum atomic E-state index is 11.9. The third kappa shape index (κ3) is 4.85. The highest BCUT2D eigenvalue weighted by molar-refractivity contribution is 5.87. The summed E-state index contributed by atoms with van der Waals surface area (Å²) in [4.78, 5) is 13.9. The SMILES string of the molecule is C/C=C/C(=O)N(CC)CC1CC1(C)CCC=C(C)C. The zero-order valence-electron chi connectivity index (χ0n) is 13.2.